The lowest BCUT2D eigenvalue weighted by molar-refractivity contribution is 1.31. The van der Waals surface area contributed by atoms with E-state index in [-0.39, 0.29) is 0 Å². The van der Waals surface area contributed by atoms with Gasteiger partial charge >= 0.3 is 0 Å². The fraction of sp³-hybridized carbons (Fsp3) is 0. The third-order valence-electron chi connectivity index (χ3n) is 9.31. The fourth-order valence-corrected chi connectivity index (χ4v) is 11.9. The van der Waals surface area contributed by atoms with Gasteiger partial charge < -0.3 is 5.32 Å². The largest absolute Gasteiger partial charge is 0.354 e. The smallest absolute Gasteiger partial charge is 0.0538 e. The number of rotatable bonds is 5. The number of hydrogen-bond acceptors (Lipinski definition) is 2. The molecule has 242 valence electrons. The van der Waals surface area contributed by atoms with Crippen LogP contribution in [0.1, 0.15) is 27.8 Å². The Morgan fingerprint density at radius 1 is 0.412 bits per heavy atom. The molecule has 7 aromatic carbocycles. The summed E-state index contributed by atoms with van der Waals surface area (Å²) in [6.07, 6.45) is 0. The summed E-state index contributed by atoms with van der Waals surface area (Å²) in [5, 5.41) is 7.81. The van der Waals surface area contributed by atoms with Gasteiger partial charge in [-0.15, -0.1) is 0 Å². The zero-order valence-corrected chi connectivity index (χ0v) is 29.4. The molecule has 2 heterocycles. The van der Waals surface area contributed by atoms with Crippen LogP contribution in [-0.2, 0) is 0 Å². The molecule has 0 radical (unpaired) electrons. The Kier molecular flexibility index (Phi) is 8.18. The molecule has 51 heavy (non-hydrogen) atoms. The second-order valence-corrected chi connectivity index (χ2v) is 16.3. The van der Waals surface area contributed by atoms with E-state index in [0.29, 0.717) is 0 Å². The lowest BCUT2D eigenvalue weighted by Gasteiger charge is -2.38. The van der Waals surface area contributed by atoms with Crippen LogP contribution in [-0.4, -0.2) is 0 Å². The van der Waals surface area contributed by atoms with Crippen molar-refractivity contribution in [1.29, 1.82) is 0 Å². The summed E-state index contributed by atoms with van der Waals surface area (Å²) in [7, 11) is -2.22. The Balaban J connectivity index is 1.39. The highest BCUT2D eigenvalue weighted by atomic mass is 32.3. The van der Waals surface area contributed by atoms with Crippen LogP contribution in [0, 0.1) is 11.2 Å². The number of para-hydroxylation sites is 1. The molecule has 2 aliphatic rings. The quantitative estimate of drug-likeness (QED) is 0.181. The normalized spacial score (nSPS) is 14.8. The molecule has 9 rings (SSSR count). The summed E-state index contributed by atoms with van der Waals surface area (Å²) in [6.45, 7) is 0. The summed E-state index contributed by atoms with van der Waals surface area (Å²) in [5.74, 6) is 3.81. The van der Waals surface area contributed by atoms with Gasteiger partial charge in [0.25, 0.3) is 0 Å². The Morgan fingerprint density at radius 2 is 0.863 bits per heavy atom. The molecular weight excluding hydrogens is 655 g/mol. The SMILES string of the molecule is C(#CS1(c2ccccc2)C(c2ccccc2)=C(c2ccccc2)C(c2ccccc2)=C1c1ccccc1)c1ccc2c(c1)Nc1ccccc1S2. The van der Waals surface area contributed by atoms with Crippen LogP contribution in [0.15, 0.2) is 209 Å². The van der Waals surface area contributed by atoms with Crippen LogP contribution in [0.2, 0.25) is 0 Å². The summed E-state index contributed by atoms with van der Waals surface area (Å²) in [6, 6.07) is 69.8. The first-order valence-electron chi connectivity index (χ1n) is 17.1. The molecule has 0 fully saturated rings. The molecule has 1 nitrogen and oxygen atoms in total. The molecule has 0 aliphatic carbocycles. The van der Waals surface area contributed by atoms with Gasteiger partial charge in [0.15, 0.2) is 0 Å². The number of hydrogen-bond donors (Lipinski definition) is 1. The van der Waals surface area contributed by atoms with Gasteiger partial charge in [-0.3, -0.25) is 0 Å². The highest BCUT2D eigenvalue weighted by molar-refractivity contribution is 8.51. The molecule has 0 spiro atoms. The predicted molar refractivity (Wildman–Crippen MR) is 219 cm³/mol. The Labute approximate surface area is 305 Å². The van der Waals surface area contributed by atoms with Crippen LogP contribution < -0.4 is 5.32 Å². The zero-order valence-electron chi connectivity index (χ0n) is 27.8. The van der Waals surface area contributed by atoms with Crippen LogP contribution in [0.3, 0.4) is 0 Å². The van der Waals surface area contributed by atoms with Gasteiger partial charge in [0.1, 0.15) is 0 Å². The molecule has 0 saturated heterocycles. The maximum Gasteiger partial charge on any atom is 0.0538 e. The third-order valence-corrected chi connectivity index (χ3v) is 14.0. The van der Waals surface area contributed by atoms with Gasteiger partial charge in [0.05, 0.1) is 11.4 Å². The Morgan fingerprint density at radius 3 is 1.41 bits per heavy atom. The van der Waals surface area contributed by atoms with Gasteiger partial charge in [-0.25, -0.2) is 0 Å². The first-order valence-corrected chi connectivity index (χ1v) is 19.5. The predicted octanol–water partition coefficient (Wildman–Crippen LogP) is 13.2. The van der Waals surface area contributed by atoms with E-state index in [2.05, 4.69) is 211 Å². The number of allylic oxidation sites excluding steroid dienone is 2. The lowest BCUT2D eigenvalue weighted by Crippen LogP contribution is -2.03. The fourth-order valence-electron chi connectivity index (χ4n) is 7.09. The maximum absolute atomic E-state index is 4.13. The molecule has 3 heteroatoms. The van der Waals surface area contributed by atoms with Crippen molar-refractivity contribution in [1.82, 2.24) is 0 Å². The van der Waals surface area contributed by atoms with Gasteiger partial charge in [-0.05, 0) is 70.0 Å². The minimum Gasteiger partial charge on any atom is -0.354 e. The van der Waals surface area contributed by atoms with E-state index in [0.717, 1.165) is 16.9 Å². The van der Waals surface area contributed by atoms with E-state index in [1.165, 1.54) is 57.9 Å². The van der Waals surface area contributed by atoms with Crippen LogP contribution in [0.4, 0.5) is 11.4 Å². The molecule has 0 aromatic heterocycles. The Hall–Kier alpha value is -5.92. The number of nitrogens with one attached hydrogen (secondary N) is 1. The standard InChI is InChI=1S/C48H33NS2/c1-6-18-36(19-7-1)45-46(37-20-8-2-9-21-37)48(39-24-12-4-13-25-39)51(40-26-14-5-15-27-40,47(45)38-22-10-3-11-23-38)33-32-35-30-31-44-42(34-35)49-41-28-16-17-29-43(41)50-44/h1-31,34,49H. The van der Waals surface area contributed by atoms with Crippen molar-refractivity contribution >= 4 is 54.1 Å². The molecule has 0 saturated carbocycles. The number of anilines is 2. The topological polar surface area (TPSA) is 12.0 Å². The highest BCUT2D eigenvalue weighted by Gasteiger charge is 2.45. The van der Waals surface area contributed by atoms with Gasteiger partial charge in [0.2, 0.25) is 0 Å². The minimum atomic E-state index is -2.22. The van der Waals surface area contributed by atoms with Crippen molar-refractivity contribution in [3.05, 3.63) is 222 Å². The van der Waals surface area contributed by atoms with Crippen molar-refractivity contribution in [3.8, 4) is 11.2 Å². The second-order valence-electron chi connectivity index (χ2n) is 12.5. The van der Waals surface area contributed by atoms with Crippen molar-refractivity contribution in [3.63, 3.8) is 0 Å². The lowest BCUT2D eigenvalue weighted by atomic mass is 9.89. The summed E-state index contributed by atoms with van der Waals surface area (Å²) in [5.41, 5.74) is 10.4. The van der Waals surface area contributed by atoms with E-state index in [4.69, 9.17) is 0 Å². The van der Waals surface area contributed by atoms with Gasteiger partial charge in [0, 0.05) is 41.2 Å². The molecule has 0 atom stereocenters. The second kappa shape index (κ2) is 13.4. The van der Waals surface area contributed by atoms with E-state index < -0.39 is 10.0 Å². The average Bonchev–Trinajstić information content (AvgIpc) is 3.53. The van der Waals surface area contributed by atoms with Gasteiger partial charge in [-0.1, -0.05) is 179 Å². The summed E-state index contributed by atoms with van der Waals surface area (Å²) < 4.78 is 0. The van der Waals surface area contributed by atoms with E-state index >= 15 is 0 Å². The zero-order chi connectivity index (χ0) is 34.0. The summed E-state index contributed by atoms with van der Waals surface area (Å²) in [4.78, 5) is 6.20. The molecule has 2 aliphatic heterocycles. The Bertz CT molecular complexity index is 2390. The van der Waals surface area contributed by atoms with Crippen molar-refractivity contribution in [2.24, 2.45) is 0 Å². The van der Waals surface area contributed by atoms with Crippen molar-refractivity contribution < 1.29 is 0 Å². The maximum atomic E-state index is 4.13. The molecular formula is C48H33NS2. The molecule has 7 aromatic rings. The molecule has 0 unspecified atom stereocenters. The van der Waals surface area contributed by atoms with E-state index in [9.17, 15) is 0 Å². The first-order chi connectivity index (χ1) is 25.3. The monoisotopic (exact) mass is 687 g/mol. The summed E-state index contributed by atoms with van der Waals surface area (Å²) >= 11 is 1.80. The van der Waals surface area contributed by atoms with Crippen LogP contribution in [0.5, 0.6) is 0 Å². The van der Waals surface area contributed by atoms with Crippen LogP contribution >= 0.6 is 21.8 Å². The molecule has 1 N–H and O–H groups in total. The first kappa shape index (κ1) is 31.1. The van der Waals surface area contributed by atoms with Crippen molar-refractivity contribution in [2.75, 3.05) is 5.32 Å². The van der Waals surface area contributed by atoms with Crippen LogP contribution in [0.25, 0.3) is 21.0 Å². The van der Waals surface area contributed by atoms with Gasteiger partial charge in [-0.2, -0.15) is 0 Å². The highest BCUT2D eigenvalue weighted by Crippen LogP contribution is 2.81. The molecule has 0 bridgehead atoms. The van der Waals surface area contributed by atoms with E-state index in [1.807, 2.05) is 0 Å². The van der Waals surface area contributed by atoms with Crippen molar-refractivity contribution in [2.45, 2.75) is 14.7 Å². The average molecular weight is 688 g/mol. The number of fused-ring (bicyclic) bond motifs is 2. The minimum absolute atomic E-state index is 0.985. The van der Waals surface area contributed by atoms with E-state index in [1.54, 1.807) is 11.8 Å². The third kappa shape index (κ3) is 5.60. The number of benzene rings is 7. The molecule has 0 amide bonds.